The van der Waals surface area contributed by atoms with E-state index in [-0.39, 0.29) is 10.6 Å². The van der Waals surface area contributed by atoms with E-state index in [0.717, 1.165) is 18.9 Å². The molecule has 0 aliphatic carbocycles. The summed E-state index contributed by atoms with van der Waals surface area (Å²) in [6.07, 6.45) is 3.68. The Labute approximate surface area is 111 Å². The molecule has 0 saturated carbocycles. The molecule has 19 heavy (non-hydrogen) atoms. The number of nitro groups is 1. The number of nitrogens with one attached hydrogen (secondary N) is 1. The highest BCUT2D eigenvalue weighted by atomic mass is 16.6. The van der Waals surface area contributed by atoms with E-state index in [2.05, 4.69) is 10.3 Å². The van der Waals surface area contributed by atoms with Crippen molar-refractivity contribution in [1.82, 2.24) is 14.9 Å². The van der Waals surface area contributed by atoms with Gasteiger partial charge in [-0.2, -0.15) is 0 Å². The normalized spacial score (nSPS) is 10.6. The molecule has 0 aliphatic rings. The third-order valence-corrected chi connectivity index (χ3v) is 2.96. The molecule has 0 aliphatic heterocycles. The lowest BCUT2D eigenvalue weighted by Gasteiger charge is -2.07. The Balaban J connectivity index is 1.86. The number of imidazole rings is 1. The molecule has 100 valence electrons. The van der Waals surface area contributed by atoms with Crippen molar-refractivity contribution in [2.75, 3.05) is 6.54 Å². The highest BCUT2D eigenvalue weighted by Gasteiger charge is 2.11. The highest BCUT2D eigenvalue weighted by molar-refractivity contribution is 5.39. The van der Waals surface area contributed by atoms with E-state index in [9.17, 15) is 10.1 Å². The van der Waals surface area contributed by atoms with Gasteiger partial charge in [-0.3, -0.25) is 10.1 Å². The van der Waals surface area contributed by atoms with E-state index in [1.54, 1.807) is 18.3 Å². The molecule has 0 radical (unpaired) electrons. The van der Waals surface area contributed by atoms with Crippen LogP contribution in [0.25, 0.3) is 0 Å². The molecule has 2 aromatic rings. The minimum Gasteiger partial charge on any atom is -0.334 e. The molecule has 1 heterocycles. The zero-order chi connectivity index (χ0) is 13.7. The van der Waals surface area contributed by atoms with Crippen LogP contribution in [0.3, 0.4) is 0 Å². The summed E-state index contributed by atoms with van der Waals surface area (Å²) in [5.41, 5.74) is 0.865. The summed E-state index contributed by atoms with van der Waals surface area (Å²) < 4.78 is 2.03. The summed E-state index contributed by atoms with van der Waals surface area (Å²) in [5.74, 6) is 0.965. The van der Waals surface area contributed by atoms with Gasteiger partial charge in [0.1, 0.15) is 5.82 Å². The van der Waals surface area contributed by atoms with Gasteiger partial charge in [-0.25, -0.2) is 4.98 Å². The van der Waals surface area contributed by atoms with Crippen LogP contribution in [0.15, 0.2) is 36.7 Å². The number of hydrogen-bond donors (Lipinski definition) is 1. The van der Waals surface area contributed by atoms with Crippen LogP contribution in [-0.4, -0.2) is 21.0 Å². The van der Waals surface area contributed by atoms with Crippen LogP contribution in [0.1, 0.15) is 11.4 Å². The van der Waals surface area contributed by atoms with Gasteiger partial charge < -0.3 is 9.88 Å². The molecule has 0 fully saturated rings. The van der Waals surface area contributed by atoms with Gasteiger partial charge in [-0.1, -0.05) is 18.2 Å². The Morgan fingerprint density at radius 2 is 2.21 bits per heavy atom. The zero-order valence-electron chi connectivity index (χ0n) is 10.7. The predicted molar refractivity (Wildman–Crippen MR) is 71.8 cm³/mol. The first-order chi connectivity index (χ1) is 9.18. The molecule has 0 amide bonds. The smallest absolute Gasteiger partial charge is 0.273 e. The summed E-state index contributed by atoms with van der Waals surface area (Å²) in [4.78, 5) is 14.6. The van der Waals surface area contributed by atoms with Gasteiger partial charge in [0.15, 0.2) is 0 Å². The van der Waals surface area contributed by atoms with Crippen LogP contribution in [-0.2, 0) is 13.1 Å². The van der Waals surface area contributed by atoms with Gasteiger partial charge in [0, 0.05) is 43.7 Å². The number of hydrogen-bond acceptors (Lipinski definition) is 4. The fraction of sp³-hybridized carbons (Fsp3) is 0.308. The molecule has 0 bridgehead atoms. The lowest BCUT2D eigenvalue weighted by Crippen LogP contribution is -2.20. The van der Waals surface area contributed by atoms with Crippen molar-refractivity contribution in [2.24, 2.45) is 0 Å². The number of benzene rings is 1. The number of nitrogens with zero attached hydrogens (tertiary/aromatic N) is 3. The Bertz CT molecular complexity index is 565. The summed E-state index contributed by atoms with van der Waals surface area (Å²) >= 11 is 0. The highest BCUT2D eigenvalue weighted by Crippen LogP contribution is 2.16. The van der Waals surface area contributed by atoms with Crippen molar-refractivity contribution in [2.45, 2.75) is 20.0 Å². The Kier molecular flexibility index (Phi) is 4.25. The number of para-hydroxylation sites is 1. The van der Waals surface area contributed by atoms with Crippen molar-refractivity contribution in [1.29, 1.82) is 0 Å². The molecule has 0 atom stereocenters. The molecule has 1 aromatic heterocycles. The van der Waals surface area contributed by atoms with E-state index in [4.69, 9.17) is 0 Å². The minimum absolute atomic E-state index is 0.161. The standard InChI is InChI=1S/C13H16N4O2/c1-11-15-7-9-16(11)8-6-14-10-12-4-2-3-5-13(12)17(18)19/h2-5,7,9,14H,6,8,10H2,1H3. The van der Waals surface area contributed by atoms with Crippen LogP contribution >= 0.6 is 0 Å². The Morgan fingerprint density at radius 3 is 2.89 bits per heavy atom. The van der Waals surface area contributed by atoms with Crippen LogP contribution in [0.2, 0.25) is 0 Å². The van der Waals surface area contributed by atoms with Crippen molar-refractivity contribution in [3.05, 3.63) is 58.2 Å². The average molecular weight is 260 g/mol. The van der Waals surface area contributed by atoms with Crippen molar-refractivity contribution < 1.29 is 4.92 Å². The lowest BCUT2D eigenvalue weighted by atomic mass is 10.2. The summed E-state index contributed by atoms with van der Waals surface area (Å²) in [6, 6.07) is 6.78. The van der Waals surface area contributed by atoms with Gasteiger partial charge >= 0.3 is 0 Å². The van der Waals surface area contributed by atoms with E-state index >= 15 is 0 Å². The summed E-state index contributed by atoms with van der Waals surface area (Å²) in [7, 11) is 0. The Hall–Kier alpha value is -2.21. The average Bonchev–Trinajstić information content (AvgIpc) is 2.80. The van der Waals surface area contributed by atoms with Crippen molar-refractivity contribution in [3.8, 4) is 0 Å². The number of aromatic nitrogens is 2. The number of rotatable bonds is 6. The van der Waals surface area contributed by atoms with E-state index in [1.807, 2.05) is 23.8 Å². The molecule has 1 aromatic carbocycles. The fourth-order valence-electron chi connectivity index (χ4n) is 1.90. The maximum Gasteiger partial charge on any atom is 0.273 e. The quantitative estimate of drug-likeness (QED) is 0.489. The van der Waals surface area contributed by atoms with Crippen LogP contribution in [0.4, 0.5) is 5.69 Å². The first kappa shape index (κ1) is 13.2. The first-order valence-electron chi connectivity index (χ1n) is 6.09. The third-order valence-electron chi connectivity index (χ3n) is 2.96. The molecule has 2 rings (SSSR count). The van der Waals surface area contributed by atoms with Crippen molar-refractivity contribution >= 4 is 5.69 Å². The SMILES string of the molecule is Cc1nccn1CCNCc1ccccc1[N+](=O)[O-]. The van der Waals surface area contributed by atoms with Crippen molar-refractivity contribution in [3.63, 3.8) is 0 Å². The number of aryl methyl sites for hydroxylation is 1. The van der Waals surface area contributed by atoms with E-state index in [0.29, 0.717) is 12.1 Å². The second-order valence-electron chi connectivity index (χ2n) is 4.23. The van der Waals surface area contributed by atoms with Crippen LogP contribution < -0.4 is 5.32 Å². The molecule has 0 unspecified atom stereocenters. The van der Waals surface area contributed by atoms with Crippen LogP contribution in [0, 0.1) is 17.0 Å². The monoisotopic (exact) mass is 260 g/mol. The van der Waals surface area contributed by atoms with E-state index < -0.39 is 0 Å². The third kappa shape index (κ3) is 3.38. The van der Waals surface area contributed by atoms with Gasteiger partial charge in [0.2, 0.25) is 0 Å². The van der Waals surface area contributed by atoms with Gasteiger partial charge in [0.25, 0.3) is 5.69 Å². The largest absolute Gasteiger partial charge is 0.334 e. The lowest BCUT2D eigenvalue weighted by molar-refractivity contribution is -0.385. The first-order valence-corrected chi connectivity index (χ1v) is 6.09. The van der Waals surface area contributed by atoms with Gasteiger partial charge in [0.05, 0.1) is 4.92 Å². The molecule has 6 nitrogen and oxygen atoms in total. The topological polar surface area (TPSA) is 73.0 Å². The second kappa shape index (κ2) is 6.10. The van der Waals surface area contributed by atoms with E-state index in [1.165, 1.54) is 6.07 Å². The fourth-order valence-corrected chi connectivity index (χ4v) is 1.90. The van der Waals surface area contributed by atoms with Gasteiger partial charge in [-0.15, -0.1) is 0 Å². The molecular formula is C13H16N4O2. The predicted octanol–water partition coefficient (Wildman–Crippen LogP) is 1.89. The maximum atomic E-state index is 10.9. The molecule has 0 saturated heterocycles. The Morgan fingerprint density at radius 1 is 1.42 bits per heavy atom. The minimum atomic E-state index is -0.350. The molecule has 0 spiro atoms. The van der Waals surface area contributed by atoms with Gasteiger partial charge in [-0.05, 0) is 6.92 Å². The molecule has 6 heteroatoms. The summed E-state index contributed by atoms with van der Waals surface area (Å²) in [6.45, 7) is 3.97. The number of nitro benzene ring substituents is 1. The molecule has 1 N–H and O–H groups in total. The zero-order valence-corrected chi connectivity index (χ0v) is 10.7. The maximum absolute atomic E-state index is 10.9. The molecular weight excluding hydrogens is 244 g/mol. The second-order valence-corrected chi connectivity index (χ2v) is 4.23. The van der Waals surface area contributed by atoms with Crippen LogP contribution in [0.5, 0.6) is 0 Å². The summed E-state index contributed by atoms with van der Waals surface area (Å²) in [5, 5.41) is 14.1.